The number of nitrogens with zero attached hydrogens (tertiary/aromatic N) is 2. The van der Waals surface area contributed by atoms with Gasteiger partial charge in [0.2, 0.25) is 11.8 Å². The second kappa shape index (κ2) is 8.90. The first kappa shape index (κ1) is 19.2. The molecule has 146 valence electrons. The zero-order valence-corrected chi connectivity index (χ0v) is 15.4. The van der Waals surface area contributed by atoms with Gasteiger partial charge in [-0.3, -0.25) is 9.59 Å². The summed E-state index contributed by atoms with van der Waals surface area (Å²) >= 11 is 0. The van der Waals surface area contributed by atoms with Gasteiger partial charge in [-0.1, -0.05) is 17.3 Å². The zero-order valence-electron chi connectivity index (χ0n) is 15.4. The van der Waals surface area contributed by atoms with Crippen LogP contribution in [-0.4, -0.2) is 35.9 Å². The standard InChI is InChI=1S/C20H23N5O3/c21-20(24-28)14-4-3-5-16(12-14)22-13-18(26)23-15-7-9-17(10-8-15)25-11-2-1-6-19(25)27/h3-5,7-10,12,22,28H,1-2,6,11,13H2,(H2,21,24)(H,23,26). The molecular formula is C20H23N5O3. The van der Waals surface area contributed by atoms with Crippen LogP contribution in [0.2, 0.25) is 0 Å². The van der Waals surface area contributed by atoms with E-state index in [2.05, 4.69) is 15.8 Å². The number of hydrogen-bond acceptors (Lipinski definition) is 5. The molecule has 2 aromatic rings. The van der Waals surface area contributed by atoms with Crippen molar-refractivity contribution < 1.29 is 14.8 Å². The maximum absolute atomic E-state index is 12.2. The number of oxime groups is 1. The van der Waals surface area contributed by atoms with Crippen molar-refractivity contribution >= 4 is 34.7 Å². The molecule has 0 radical (unpaired) electrons. The van der Waals surface area contributed by atoms with Gasteiger partial charge in [-0.25, -0.2) is 0 Å². The molecule has 0 atom stereocenters. The van der Waals surface area contributed by atoms with Gasteiger partial charge in [0, 0.05) is 35.6 Å². The van der Waals surface area contributed by atoms with Gasteiger partial charge in [-0.05, 0) is 49.2 Å². The number of nitrogens with one attached hydrogen (secondary N) is 2. The highest BCUT2D eigenvalue weighted by Gasteiger charge is 2.19. The molecule has 0 aromatic heterocycles. The minimum Gasteiger partial charge on any atom is -0.409 e. The largest absolute Gasteiger partial charge is 0.409 e. The molecule has 3 rings (SSSR count). The number of anilines is 3. The summed E-state index contributed by atoms with van der Waals surface area (Å²) in [6.07, 6.45) is 2.53. The highest BCUT2D eigenvalue weighted by molar-refractivity contribution is 5.98. The molecular weight excluding hydrogens is 358 g/mol. The van der Waals surface area contributed by atoms with Crippen LogP contribution >= 0.6 is 0 Å². The average molecular weight is 381 g/mol. The number of benzene rings is 2. The number of rotatable bonds is 6. The second-order valence-electron chi connectivity index (χ2n) is 6.52. The van der Waals surface area contributed by atoms with Crippen LogP contribution in [0.25, 0.3) is 0 Å². The summed E-state index contributed by atoms with van der Waals surface area (Å²) in [5.41, 5.74) is 8.30. The molecule has 1 fully saturated rings. The van der Waals surface area contributed by atoms with Crippen LogP contribution in [0.5, 0.6) is 0 Å². The topological polar surface area (TPSA) is 120 Å². The highest BCUT2D eigenvalue weighted by Crippen LogP contribution is 2.22. The van der Waals surface area contributed by atoms with Gasteiger partial charge < -0.3 is 26.5 Å². The molecule has 0 aliphatic carbocycles. The molecule has 0 unspecified atom stereocenters. The predicted octanol–water partition coefficient (Wildman–Crippen LogP) is 2.35. The van der Waals surface area contributed by atoms with Crippen LogP contribution in [0.3, 0.4) is 0 Å². The number of hydrogen-bond donors (Lipinski definition) is 4. The molecule has 0 spiro atoms. The van der Waals surface area contributed by atoms with E-state index >= 15 is 0 Å². The van der Waals surface area contributed by atoms with E-state index in [4.69, 9.17) is 10.9 Å². The summed E-state index contributed by atoms with van der Waals surface area (Å²) < 4.78 is 0. The SMILES string of the molecule is N/C(=N\O)c1cccc(NCC(=O)Nc2ccc(N3CCCCC3=O)cc2)c1. The van der Waals surface area contributed by atoms with Crippen molar-refractivity contribution in [3.05, 3.63) is 54.1 Å². The van der Waals surface area contributed by atoms with Crippen molar-refractivity contribution in [2.24, 2.45) is 10.9 Å². The first-order valence-corrected chi connectivity index (χ1v) is 9.09. The Morgan fingerprint density at radius 3 is 2.64 bits per heavy atom. The fraction of sp³-hybridized carbons (Fsp3) is 0.250. The van der Waals surface area contributed by atoms with Crippen LogP contribution in [0.4, 0.5) is 17.1 Å². The lowest BCUT2D eigenvalue weighted by Crippen LogP contribution is -2.35. The van der Waals surface area contributed by atoms with Gasteiger partial charge in [-0.15, -0.1) is 0 Å². The Morgan fingerprint density at radius 2 is 1.93 bits per heavy atom. The van der Waals surface area contributed by atoms with E-state index in [1.165, 1.54) is 0 Å². The number of carbonyl (C=O) groups excluding carboxylic acids is 2. The molecule has 0 saturated carbocycles. The Kier molecular flexibility index (Phi) is 6.11. The van der Waals surface area contributed by atoms with E-state index in [1.54, 1.807) is 41.3 Å². The molecule has 1 aliphatic rings. The summed E-state index contributed by atoms with van der Waals surface area (Å²) in [6, 6.07) is 14.2. The number of nitrogens with two attached hydrogens (primary N) is 1. The smallest absolute Gasteiger partial charge is 0.243 e. The summed E-state index contributed by atoms with van der Waals surface area (Å²) in [5.74, 6) is -0.0716. The summed E-state index contributed by atoms with van der Waals surface area (Å²) in [6.45, 7) is 0.797. The van der Waals surface area contributed by atoms with E-state index in [0.29, 0.717) is 23.4 Å². The molecule has 2 aromatic carbocycles. The molecule has 8 heteroatoms. The monoisotopic (exact) mass is 381 g/mol. The van der Waals surface area contributed by atoms with Gasteiger partial charge in [0.05, 0.1) is 6.54 Å². The third-order valence-electron chi connectivity index (χ3n) is 4.51. The van der Waals surface area contributed by atoms with Crippen molar-refractivity contribution in [1.82, 2.24) is 0 Å². The summed E-state index contributed by atoms with van der Waals surface area (Å²) in [7, 11) is 0. The molecule has 8 nitrogen and oxygen atoms in total. The lowest BCUT2D eigenvalue weighted by atomic mass is 10.1. The van der Waals surface area contributed by atoms with Crippen LogP contribution in [0.1, 0.15) is 24.8 Å². The van der Waals surface area contributed by atoms with Crippen LogP contribution < -0.4 is 21.3 Å². The third-order valence-corrected chi connectivity index (χ3v) is 4.51. The Hall–Kier alpha value is -3.55. The molecule has 5 N–H and O–H groups in total. The Morgan fingerprint density at radius 1 is 1.14 bits per heavy atom. The fourth-order valence-electron chi connectivity index (χ4n) is 3.04. The van der Waals surface area contributed by atoms with Crippen molar-refractivity contribution in [2.75, 3.05) is 28.6 Å². The van der Waals surface area contributed by atoms with Crippen molar-refractivity contribution in [2.45, 2.75) is 19.3 Å². The average Bonchev–Trinajstić information content (AvgIpc) is 2.73. The van der Waals surface area contributed by atoms with Gasteiger partial charge in [0.25, 0.3) is 0 Å². The molecule has 28 heavy (non-hydrogen) atoms. The van der Waals surface area contributed by atoms with Crippen molar-refractivity contribution in [3.63, 3.8) is 0 Å². The first-order chi connectivity index (χ1) is 13.6. The van der Waals surface area contributed by atoms with Crippen LogP contribution in [-0.2, 0) is 9.59 Å². The minimum absolute atomic E-state index is 0.000350. The predicted molar refractivity (Wildman–Crippen MR) is 109 cm³/mol. The lowest BCUT2D eigenvalue weighted by molar-refractivity contribution is -0.119. The Bertz CT molecular complexity index is 880. The Balaban J connectivity index is 1.54. The van der Waals surface area contributed by atoms with E-state index in [-0.39, 0.29) is 24.2 Å². The van der Waals surface area contributed by atoms with Gasteiger partial charge in [0.15, 0.2) is 5.84 Å². The normalized spacial score (nSPS) is 14.6. The quantitative estimate of drug-likeness (QED) is 0.265. The Labute approximate surface area is 163 Å². The van der Waals surface area contributed by atoms with Crippen molar-refractivity contribution in [3.8, 4) is 0 Å². The highest BCUT2D eigenvalue weighted by atomic mass is 16.4. The molecule has 1 heterocycles. The van der Waals surface area contributed by atoms with Gasteiger partial charge >= 0.3 is 0 Å². The van der Waals surface area contributed by atoms with E-state index in [1.807, 2.05) is 12.1 Å². The van der Waals surface area contributed by atoms with Gasteiger partial charge in [-0.2, -0.15) is 0 Å². The van der Waals surface area contributed by atoms with Gasteiger partial charge in [0.1, 0.15) is 0 Å². The number of carbonyl (C=O) groups is 2. The molecule has 0 bridgehead atoms. The van der Waals surface area contributed by atoms with E-state index in [9.17, 15) is 9.59 Å². The zero-order chi connectivity index (χ0) is 19.9. The maximum atomic E-state index is 12.2. The van der Waals surface area contributed by atoms with Crippen LogP contribution in [0, 0.1) is 0 Å². The maximum Gasteiger partial charge on any atom is 0.243 e. The summed E-state index contributed by atoms with van der Waals surface area (Å²) in [5, 5.41) is 17.5. The summed E-state index contributed by atoms with van der Waals surface area (Å²) in [4.78, 5) is 25.9. The van der Waals surface area contributed by atoms with Crippen LogP contribution in [0.15, 0.2) is 53.7 Å². The lowest BCUT2D eigenvalue weighted by Gasteiger charge is -2.26. The van der Waals surface area contributed by atoms with E-state index in [0.717, 1.165) is 25.1 Å². The minimum atomic E-state index is -0.212. The molecule has 1 aliphatic heterocycles. The second-order valence-corrected chi connectivity index (χ2v) is 6.52. The van der Waals surface area contributed by atoms with Crippen molar-refractivity contribution in [1.29, 1.82) is 0 Å². The number of amides is 2. The van der Waals surface area contributed by atoms with E-state index < -0.39 is 0 Å². The number of piperidine rings is 1. The molecule has 2 amide bonds. The number of amidine groups is 1. The fourth-order valence-corrected chi connectivity index (χ4v) is 3.04. The third kappa shape index (κ3) is 4.79. The molecule has 1 saturated heterocycles. The first-order valence-electron chi connectivity index (χ1n) is 9.09.